The topological polar surface area (TPSA) is 38.0 Å². The minimum atomic E-state index is -0.297. The molecule has 15 heavy (non-hydrogen) atoms. The van der Waals surface area contributed by atoms with E-state index in [0.29, 0.717) is 17.6 Å². The summed E-state index contributed by atoms with van der Waals surface area (Å²) >= 11 is 0. The number of nitrogens with two attached hydrogens (primary N) is 1. The number of hydrogen-bond acceptors (Lipinski definition) is 2. The molecular weight excluding hydrogens is 191 g/mol. The smallest absolute Gasteiger partial charge is 0.125 e. The fraction of sp³-hybridized carbons (Fsp3) is 0.500. The molecule has 0 bridgehead atoms. The normalized spacial score (nSPS) is 12.9. The molecule has 1 rings (SSSR count). The second-order valence-corrected chi connectivity index (χ2v) is 4.41. The Kier molecular flexibility index (Phi) is 3.95. The SMILES string of the molecule is CC(C)CC(C)Nc1ccc(F)cc1N. The molecule has 3 N–H and O–H groups in total. The van der Waals surface area contributed by atoms with Gasteiger partial charge in [-0.15, -0.1) is 0 Å². The highest BCUT2D eigenvalue weighted by atomic mass is 19.1. The maximum atomic E-state index is 12.8. The Balaban J connectivity index is 2.64. The maximum Gasteiger partial charge on any atom is 0.125 e. The molecule has 1 atom stereocenters. The molecular formula is C12H19FN2. The van der Waals surface area contributed by atoms with Crippen LogP contribution in [0.25, 0.3) is 0 Å². The molecule has 0 aliphatic carbocycles. The van der Waals surface area contributed by atoms with E-state index in [0.717, 1.165) is 12.1 Å². The van der Waals surface area contributed by atoms with Gasteiger partial charge in [-0.25, -0.2) is 4.39 Å². The second kappa shape index (κ2) is 5.01. The lowest BCUT2D eigenvalue weighted by Gasteiger charge is -2.18. The predicted molar refractivity (Wildman–Crippen MR) is 63.4 cm³/mol. The van der Waals surface area contributed by atoms with Gasteiger partial charge in [-0.1, -0.05) is 13.8 Å². The summed E-state index contributed by atoms with van der Waals surface area (Å²) in [4.78, 5) is 0. The summed E-state index contributed by atoms with van der Waals surface area (Å²) < 4.78 is 12.8. The predicted octanol–water partition coefficient (Wildman–Crippen LogP) is 3.25. The number of nitrogens with one attached hydrogen (secondary N) is 1. The van der Waals surface area contributed by atoms with Crippen molar-refractivity contribution in [3.63, 3.8) is 0 Å². The van der Waals surface area contributed by atoms with E-state index < -0.39 is 0 Å². The van der Waals surface area contributed by atoms with Gasteiger partial charge in [0.1, 0.15) is 5.82 Å². The minimum Gasteiger partial charge on any atom is -0.397 e. The van der Waals surface area contributed by atoms with Crippen LogP contribution < -0.4 is 11.1 Å². The van der Waals surface area contributed by atoms with Crippen LogP contribution in [0.15, 0.2) is 18.2 Å². The van der Waals surface area contributed by atoms with E-state index in [1.807, 2.05) is 0 Å². The number of hydrogen-bond donors (Lipinski definition) is 2. The van der Waals surface area contributed by atoms with Crippen molar-refractivity contribution in [1.82, 2.24) is 0 Å². The van der Waals surface area contributed by atoms with Gasteiger partial charge in [-0.05, 0) is 37.5 Å². The van der Waals surface area contributed by atoms with Crippen LogP contribution in [-0.2, 0) is 0 Å². The summed E-state index contributed by atoms with van der Waals surface area (Å²) in [6.45, 7) is 6.45. The number of benzene rings is 1. The summed E-state index contributed by atoms with van der Waals surface area (Å²) in [5.41, 5.74) is 6.97. The van der Waals surface area contributed by atoms with E-state index in [-0.39, 0.29) is 5.82 Å². The second-order valence-electron chi connectivity index (χ2n) is 4.41. The highest BCUT2D eigenvalue weighted by Gasteiger charge is 2.07. The van der Waals surface area contributed by atoms with Gasteiger partial charge in [-0.2, -0.15) is 0 Å². The zero-order chi connectivity index (χ0) is 11.4. The largest absolute Gasteiger partial charge is 0.397 e. The summed E-state index contributed by atoms with van der Waals surface area (Å²) in [6.07, 6.45) is 1.07. The van der Waals surface area contributed by atoms with Crippen LogP contribution in [-0.4, -0.2) is 6.04 Å². The third-order valence-corrected chi connectivity index (χ3v) is 2.24. The highest BCUT2D eigenvalue weighted by Crippen LogP contribution is 2.21. The Morgan fingerprint density at radius 1 is 1.33 bits per heavy atom. The monoisotopic (exact) mass is 210 g/mol. The van der Waals surface area contributed by atoms with Gasteiger partial charge in [0, 0.05) is 6.04 Å². The molecule has 1 unspecified atom stereocenters. The van der Waals surface area contributed by atoms with E-state index in [1.165, 1.54) is 12.1 Å². The minimum absolute atomic E-state index is 0.297. The van der Waals surface area contributed by atoms with Crippen LogP contribution in [0.2, 0.25) is 0 Å². The average molecular weight is 210 g/mol. The first-order valence-corrected chi connectivity index (χ1v) is 5.30. The molecule has 84 valence electrons. The molecule has 0 fully saturated rings. The van der Waals surface area contributed by atoms with Crippen molar-refractivity contribution in [2.24, 2.45) is 5.92 Å². The Labute approximate surface area is 90.7 Å². The van der Waals surface area contributed by atoms with Crippen LogP contribution in [0.4, 0.5) is 15.8 Å². The lowest BCUT2D eigenvalue weighted by Crippen LogP contribution is -2.18. The lowest BCUT2D eigenvalue weighted by molar-refractivity contribution is 0.540. The van der Waals surface area contributed by atoms with Gasteiger partial charge >= 0.3 is 0 Å². The van der Waals surface area contributed by atoms with Crippen molar-refractivity contribution >= 4 is 11.4 Å². The van der Waals surface area contributed by atoms with Crippen LogP contribution in [0.5, 0.6) is 0 Å². The average Bonchev–Trinajstić information content (AvgIpc) is 2.08. The number of halogens is 1. The van der Waals surface area contributed by atoms with E-state index in [1.54, 1.807) is 6.07 Å². The third kappa shape index (κ3) is 3.78. The third-order valence-electron chi connectivity index (χ3n) is 2.24. The highest BCUT2D eigenvalue weighted by molar-refractivity contribution is 5.66. The Bertz CT molecular complexity index is 323. The molecule has 1 aromatic rings. The molecule has 0 aliphatic heterocycles. The Morgan fingerprint density at radius 2 is 2.00 bits per heavy atom. The zero-order valence-corrected chi connectivity index (χ0v) is 9.55. The Hall–Kier alpha value is -1.25. The van der Waals surface area contributed by atoms with E-state index in [9.17, 15) is 4.39 Å². The molecule has 0 saturated heterocycles. The molecule has 3 heteroatoms. The summed E-state index contributed by atoms with van der Waals surface area (Å²) in [5, 5.41) is 3.28. The van der Waals surface area contributed by atoms with Crippen molar-refractivity contribution in [3.8, 4) is 0 Å². The molecule has 0 heterocycles. The first-order valence-electron chi connectivity index (χ1n) is 5.30. The maximum absolute atomic E-state index is 12.8. The van der Waals surface area contributed by atoms with Crippen LogP contribution >= 0.6 is 0 Å². The summed E-state index contributed by atoms with van der Waals surface area (Å²) in [6, 6.07) is 4.78. The number of anilines is 2. The van der Waals surface area contributed by atoms with Crippen LogP contribution in [0.3, 0.4) is 0 Å². The first kappa shape index (κ1) is 11.8. The van der Waals surface area contributed by atoms with E-state index in [4.69, 9.17) is 5.73 Å². The molecule has 0 spiro atoms. The standard InChI is InChI=1S/C12H19FN2/c1-8(2)6-9(3)15-12-5-4-10(13)7-11(12)14/h4-5,7-9,15H,6,14H2,1-3H3. The van der Waals surface area contributed by atoms with Crippen LogP contribution in [0, 0.1) is 11.7 Å². The fourth-order valence-corrected chi connectivity index (χ4v) is 1.70. The molecule has 0 amide bonds. The van der Waals surface area contributed by atoms with Gasteiger partial charge in [0.25, 0.3) is 0 Å². The lowest BCUT2D eigenvalue weighted by atomic mass is 10.0. The molecule has 1 aromatic carbocycles. The van der Waals surface area contributed by atoms with Crippen molar-refractivity contribution in [2.75, 3.05) is 11.1 Å². The number of rotatable bonds is 4. The van der Waals surface area contributed by atoms with Gasteiger partial charge < -0.3 is 11.1 Å². The van der Waals surface area contributed by atoms with Crippen LogP contribution in [0.1, 0.15) is 27.2 Å². The van der Waals surface area contributed by atoms with E-state index >= 15 is 0 Å². The summed E-state index contributed by atoms with van der Waals surface area (Å²) in [5.74, 6) is 0.337. The molecule has 0 aliphatic rings. The van der Waals surface area contributed by atoms with E-state index in [2.05, 4.69) is 26.1 Å². The van der Waals surface area contributed by atoms with Gasteiger partial charge in [0.15, 0.2) is 0 Å². The van der Waals surface area contributed by atoms with Gasteiger partial charge in [0.05, 0.1) is 11.4 Å². The van der Waals surface area contributed by atoms with Gasteiger partial charge in [-0.3, -0.25) is 0 Å². The van der Waals surface area contributed by atoms with Crippen molar-refractivity contribution < 1.29 is 4.39 Å². The summed E-state index contributed by atoms with van der Waals surface area (Å²) in [7, 11) is 0. The van der Waals surface area contributed by atoms with Crippen molar-refractivity contribution in [1.29, 1.82) is 0 Å². The quantitative estimate of drug-likeness (QED) is 0.749. The molecule has 0 radical (unpaired) electrons. The molecule has 0 aromatic heterocycles. The number of nitrogen functional groups attached to an aromatic ring is 1. The first-order chi connectivity index (χ1) is 6.99. The zero-order valence-electron chi connectivity index (χ0n) is 9.55. The van der Waals surface area contributed by atoms with Gasteiger partial charge in [0.2, 0.25) is 0 Å². The fourth-order valence-electron chi connectivity index (χ4n) is 1.70. The van der Waals surface area contributed by atoms with Crippen molar-refractivity contribution in [3.05, 3.63) is 24.0 Å². The van der Waals surface area contributed by atoms with Crippen molar-refractivity contribution in [2.45, 2.75) is 33.2 Å². The Morgan fingerprint density at radius 3 is 2.53 bits per heavy atom. The molecule has 0 saturated carbocycles. The molecule has 2 nitrogen and oxygen atoms in total.